The third-order valence-electron chi connectivity index (χ3n) is 1.73. The van der Waals surface area contributed by atoms with Crippen molar-refractivity contribution in [2.45, 2.75) is 13.8 Å². The average Bonchev–Trinajstić information content (AvgIpc) is 2.00. The van der Waals surface area contributed by atoms with Gasteiger partial charge in [-0.05, 0) is 27.2 Å². The first-order valence-corrected chi connectivity index (χ1v) is 4.59. The molecule has 0 bridgehead atoms. The first kappa shape index (κ1) is 10.5. The van der Waals surface area contributed by atoms with Crippen molar-refractivity contribution in [3.63, 3.8) is 0 Å². The first-order valence-electron chi connectivity index (χ1n) is 3.68. The number of hydrogen-bond acceptors (Lipinski definition) is 2. The Hall–Kier alpha value is 0.465. The van der Waals surface area contributed by atoms with Gasteiger partial charge in [0.05, 0.1) is 0 Å². The van der Waals surface area contributed by atoms with Gasteiger partial charge in [0.15, 0.2) is 0 Å². The van der Waals surface area contributed by atoms with Gasteiger partial charge in [0.25, 0.3) is 0 Å². The summed E-state index contributed by atoms with van der Waals surface area (Å²) in [6.45, 7) is 6.44. The molecule has 10 heavy (non-hydrogen) atoms. The van der Waals surface area contributed by atoms with E-state index in [1.54, 1.807) is 0 Å². The largest absolute Gasteiger partial charge is 0.390 e. The molecule has 0 unspecified atom stereocenters. The van der Waals surface area contributed by atoms with Gasteiger partial charge in [-0.3, -0.25) is 0 Å². The Morgan fingerprint density at radius 1 is 1.10 bits per heavy atom. The van der Waals surface area contributed by atoms with Crippen LogP contribution in [0.25, 0.3) is 0 Å². The van der Waals surface area contributed by atoms with Crippen molar-refractivity contribution in [3.8, 4) is 0 Å². The second kappa shape index (κ2) is 5.16. The maximum Gasteiger partial charge on any atom is 0.390 e. The summed E-state index contributed by atoms with van der Waals surface area (Å²) in [5.74, 6) is 0.377. The molecule has 0 spiro atoms. The summed E-state index contributed by atoms with van der Waals surface area (Å²) >= 11 is 3.58. The first-order chi connectivity index (χ1) is 4.63. The number of halogens is 1. The predicted octanol–water partition coefficient (Wildman–Crippen LogP) is 1.27. The zero-order valence-corrected chi connectivity index (χ0v) is 8.85. The van der Waals surface area contributed by atoms with Crippen LogP contribution in [0.5, 0.6) is 0 Å². The zero-order valence-electron chi connectivity index (χ0n) is 7.26. The topological polar surface area (TPSA) is 6.48 Å². The van der Waals surface area contributed by atoms with Crippen LogP contribution in [0.15, 0.2) is 0 Å². The minimum absolute atomic E-state index is 0.377. The standard InChI is InChI=1S/C6H16BBrN2/c1-5-9(3)7(8)10(4)6-2/h5-6H2,1-4H3. The SMILES string of the molecule is CCN(C)B(Br)N(C)CC. The summed E-state index contributed by atoms with van der Waals surface area (Å²) < 4.78 is 0. The fourth-order valence-electron chi connectivity index (χ4n) is 0.638. The van der Waals surface area contributed by atoms with Crippen LogP contribution >= 0.6 is 15.8 Å². The van der Waals surface area contributed by atoms with Crippen LogP contribution in [0.4, 0.5) is 0 Å². The van der Waals surface area contributed by atoms with Gasteiger partial charge in [0, 0.05) is 0 Å². The van der Waals surface area contributed by atoms with Crippen LogP contribution in [-0.4, -0.2) is 42.6 Å². The van der Waals surface area contributed by atoms with E-state index >= 15 is 0 Å². The third kappa shape index (κ3) is 3.04. The van der Waals surface area contributed by atoms with E-state index in [4.69, 9.17) is 0 Å². The fraction of sp³-hybridized carbons (Fsp3) is 1.00. The Kier molecular flexibility index (Phi) is 5.40. The third-order valence-corrected chi connectivity index (χ3v) is 3.12. The lowest BCUT2D eigenvalue weighted by atomic mass is 10.1. The van der Waals surface area contributed by atoms with E-state index in [9.17, 15) is 0 Å². The number of rotatable bonds is 4. The fourth-order valence-corrected chi connectivity index (χ4v) is 1.22. The second-order valence-electron chi connectivity index (χ2n) is 2.46. The van der Waals surface area contributed by atoms with Gasteiger partial charge in [0.1, 0.15) is 0 Å². The summed E-state index contributed by atoms with van der Waals surface area (Å²) in [7, 11) is 4.21. The van der Waals surface area contributed by atoms with Crippen molar-refractivity contribution in [2.75, 3.05) is 27.2 Å². The quantitative estimate of drug-likeness (QED) is 0.640. The summed E-state index contributed by atoms with van der Waals surface area (Å²) in [6, 6.07) is 0. The summed E-state index contributed by atoms with van der Waals surface area (Å²) in [4.78, 5) is 4.48. The lowest BCUT2D eigenvalue weighted by molar-refractivity contribution is 0.462. The predicted molar refractivity (Wildman–Crippen MR) is 51.3 cm³/mol. The highest BCUT2D eigenvalue weighted by Gasteiger charge is 2.19. The molecule has 0 aromatic carbocycles. The molecule has 0 heterocycles. The van der Waals surface area contributed by atoms with Crippen LogP contribution < -0.4 is 0 Å². The highest BCUT2D eigenvalue weighted by molar-refractivity contribution is 9.24. The Balaban J connectivity index is 3.69. The van der Waals surface area contributed by atoms with E-state index in [0.29, 0.717) is 5.81 Å². The highest BCUT2D eigenvalue weighted by atomic mass is 79.9. The molecular formula is C6H16BBrN2. The molecule has 0 amide bonds. The van der Waals surface area contributed by atoms with E-state index in [1.165, 1.54) is 0 Å². The molecule has 60 valence electrons. The monoisotopic (exact) mass is 206 g/mol. The molecule has 0 radical (unpaired) electrons. The van der Waals surface area contributed by atoms with Gasteiger partial charge in [-0.2, -0.15) is 0 Å². The van der Waals surface area contributed by atoms with Crippen LogP contribution in [0.3, 0.4) is 0 Å². The Morgan fingerprint density at radius 3 is 1.60 bits per heavy atom. The maximum absolute atomic E-state index is 3.58. The van der Waals surface area contributed by atoms with E-state index in [1.807, 2.05) is 0 Å². The van der Waals surface area contributed by atoms with Gasteiger partial charge >= 0.3 is 5.81 Å². The van der Waals surface area contributed by atoms with Crippen LogP contribution in [-0.2, 0) is 0 Å². The van der Waals surface area contributed by atoms with Crippen LogP contribution in [0, 0.1) is 0 Å². The van der Waals surface area contributed by atoms with Gasteiger partial charge in [-0.15, -0.1) is 15.8 Å². The van der Waals surface area contributed by atoms with Crippen molar-refractivity contribution in [3.05, 3.63) is 0 Å². The molecule has 2 nitrogen and oxygen atoms in total. The normalized spacial score (nSPS) is 11.1. The zero-order chi connectivity index (χ0) is 8.15. The molecule has 4 heteroatoms. The lowest BCUT2D eigenvalue weighted by Crippen LogP contribution is -2.44. The van der Waals surface area contributed by atoms with Gasteiger partial charge in [0.2, 0.25) is 0 Å². The molecule has 0 atom stereocenters. The minimum Gasteiger partial charge on any atom is -0.321 e. The average molecular weight is 207 g/mol. The van der Waals surface area contributed by atoms with Crippen molar-refractivity contribution in [2.24, 2.45) is 0 Å². The summed E-state index contributed by atoms with van der Waals surface area (Å²) in [5, 5.41) is 0. The number of nitrogens with zero attached hydrogens (tertiary/aromatic N) is 2. The molecule has 0 saturated heterocycles. The summed E-state index contributed by atoms with van der Waals surface area (Å²) in [5.41, 5.74) is 0. The van der Waals surface area contributed by atoms with Gasteiger partial charge in [-0.25, -0.2) is 0 Å². The minimum atomic E-state index is 0.377. The molecule has 0 aliphatic carbocycles. The van der Waals surface area contributed by atoms with Crippen LogP contribution in [0.1, 0.15) is 13.8 Å². The smallest absolute Gasteiger partial charge is 0.321 e. The van der Waals surface area contributed by atoms with Crippen molar-refractivity contribution in [1.29, 1.82) is 0 Å². The van der Waals surface area contributed by atoms with E-state index < -0.39 is 0 Å². The molecule has 0 rings (SSSR count). The molecule has 0 saturated carbocycles. The lowest BCUT2D eigenvalue weighted by Gasteiger charge is -2.25. The van der Waals surface area contributed by atoms with E-state index in [-0.39, 0.29) is 0 Å². The van der Waals surface area contributed by atoms with E-state index in [0.717, 1.165) is 13.1 Å². The van der Waals surface area contributed by atoms with Crippen molar-refractivity contribution >= 4 is 21.6 Å². The molecular weight excluding hydrogens is 191 g/mol. The molecule has 0 fully saturated rings. The Labute approximate surface area is 72.7 Å². The van der Waals surface area contributed by atoms with Crippen molar-refractivity contribution < 1.29 is 0 Å². The van der Waals surface area contributed by atoms with E-state index in [2.05, 4.69) is 53.3 Å². The molecule has 0 aliphatic heterocycles. The van der Waals surface area contributed by atoms with Crippen molar-refractivity contribution in [1.82, 2.24) is 9.62 Å². The summed E-state index contributed by atoms with van der Waals surface area (Å²) in [6.07, 6.45) is 0. The van der Waals surface area contributed by atoms with Gasteiger partial charge in [-0.1, -0.05) is 13.8 Å². The van der Waals surface area contributed by atoms with Gasteiger partial charge < -0.3 is 9.62 Å². The van der Waals surface area contributed by atoms with Crippen LogP contribution in [0.2, 0.25) is 0 Å². The maximum atomic E-state index is 3.58. The highest BCUT2D eigenvalue weighted by Crippen LogP contribution is 2.02. The molecule has 0 aromatic heterocycles. The number of hydrogen-bond donors (Lipinski definition) is 0. The molecule has 0 aromatic rings. The molecule has 0 aliphatic rings. The Bertz CT molecular complexity index is 81.8. The molecule has 0 N–H and O–H groups in total. The second-order valence-corrected chi connectivity index (χ2v) is 3.28. The Morgan fingerprint density at radius 2 is 1.40 bits per heavy atom.